The zero-order valence-electron chi connectivity index (χ0n) is 33.0. The minimum Gasteiger partial charge on any atom is -0.293 e. The summed E-state index contributed by atoms with van der Waals surface area (Å²) in [5.41, 5.74) is 8.77. The number of ketones is 4. The second-order valence-corrected chi connectivity index (χ2v) is 17.0. The molecule has 0 aromatic heterocycles. The average Bonchev–Trinajstić information content (AvgIpc) is 3.58. The van der Waals surface area contributed by atoms with Gasteiger partial charge in [-0.3, -0.25) is 19.2 Å². The standard InChI is InChI=1S/C54H48O4/c55-49-45-13-5-6-14-46(45)50(56)53(49)33-41-25-17-37(18-26-41)9-1-2-10-38-19-27-42(28-20-38)34-54(51(57)47-15-7-8-16-48(47)52(54)58)36-44-31-23-40(24-32-44)12-4-3-11-39-21-29-43(35-53)30-22-39/h5-8,13-32H,1-4,9-12,33-36H2. The molecule has 0 amide bonds. The van der Waals surface area contributed by atoms with E-state index in [9.17, 15) is 19.2 Å². The predicted octanol–water partition coefficient (Wildman–Crippen LogP) is 10.8. The summed E-state index contributed by atoms with van der Waals surface area (Å²) in [6.45, 7) is 0. The van der Waals surface area contributed by atoms with Crippen LogP contribution in [0.25, 0.3) is 0 Å². The second kappa shape index (κ2) is 15.7. The Morgan fingerprint density at radius 1 is 0.259 bits per heavy atom. The van der Waals surface area contributed by atoms with E-state index in [0.717, 1.165) is 73.6 Å². The zero-order chi connectivity index (χ0) is 39.7. The van der Waals surface area contributed by atoms with Gasteiger partial charge in [-0.05, 0) is 122 Å². The first-order chi connectivity index (χ1) is 28.3. The van der Waals surface area contributed by atoms with E-state index in [1.165, 1.54) is 22.3 Å². The molecule has 0 heterocycles. The van der Waals surface area contributed by atoms with E-state index in [4.69, 9.17) is 0 Å². The van der Waals surface area contributed by atoms with Gasteiger partial charge in [0.05, 0.1) is 0 Å². The largest absolute Gasteiger partial charge is 0.293 e. The predicted molar refractivity (Wildman–Crippen MR) is 229 cm³/mol. The molecule has 6 aromatic rings. The van der Waals surface area contributed by atoms with Gasteiger partial charge >= 0.3 is 0 Å². The SMILES string of the molecule is O=C1c2ccccc2C(=O)C12Cc1ccc(cc1)CCCCc1ccc(cc1)CC1(Cc3ccc(cc3)CCCCc3ccc(cc3)C2)C(=O)c2ccccc2C1=O. The quantitative estimate of drug-likeness (QED) is 0.145. The van der Waals surface area contributed by atoms with Crippen LogP contribution in [0.1, 0.15) is 112 Å². The molecule has 6 aromatic carbocycles. The maximum Gasteiger partial charge on any atom is 0.178 e. The molecule has 0 saturated heterocycles. The number of fused-ring (bicyclic) bond motifs is 2. The number of aryl methyl sites for hydroxylation is 4. The lowest BCUT2D eigenvalue weighted by atomic mass is 9.72. The Morgan fingerprint density at radius 2 is 0.448 bits per heavy atom. The molecule has 8 bridgehead atoms. The number of carbonyl (C=O) groups is 4. The number of hydrogen-bond donors (Lipinski definition) is 0. The molecule has 0 N–H and O–H groups in total. The summed E-state index contributed by atoms with van der Waals surface area (Å²) in [5.74, 6) is -0.282. The fourth-order valence-electron chi connectivity index (χ4n) is 9.77. The van der Waals surface area contributed by atoms with Gasteiger partial charge in [0, 0.05) is 22.3 Å². The molecule has 0 radical (unpaired) electrons. The minimum atomic E-state index is -1.16. The lowest BCUT2D eigenvalue weighted by molar-refractivity contribution is 0.0681. The Morgan fingerprint density at radius 3 is 0.655 bits per heavy atom. The van der Waals surface area contributed by atoms with Gasteiger partial charge < -0.3 is 0 Å². The third-order valence-corrected chi connectivity index (χ3v) is 13.0. The van der Waals surface area contributed by atoms with Gasteiger partial charge in [0.15, 0.2) is 23.1 Å². The Hall–Kier alpha value is -6.00. The number of carbonyl (C=O) groups excluding carboxylic acids is 4. The Labute approximate surface area is 341 Å². The molecule has 0 unspecified atom stereocenters. The van der Waals surface area contributed by atoms with Crippen LogP contribution in [0.5, 0.6) is 0 Å². The molecule has 58 heavy (non-hydrogen) atoms. The first kappa shape index (κ1) is 37.6. The smallest absolute Gasteiger partial charge is 0.178 e. The Kier molecular flexibility index (Phi) is 10.2. The van der Waals surface area contributed by atoms with Crippen LogP contribution in [-0.2, 0) is 51.4 Å². The van der Waals surface area contributed by atoms with Crippen LogP contribution in [-0.4, -0.2) is 23.1 Å². The number of Topliss-reactive ketones (excluding diaryl/α,β-unsaturated/α-hetero) is 4. The lowest BCUT2D eigenvalue weighted by Gasteiger charge is -2.27. The summed E-state index contributed by atoms with van der Waals surface area (Å²) >= 11 is 0. The van der Waals surface area contributed by atoms with Crippen molar-refractivity contribution in [1.29, 1.82) is 0 Å². The van der Waals surface area contributed by atoms with E-state index in [-0.39, 0.29) is 23.1 Å². The maximum atomic E-state index is 14.2. The molecule has 2 spiro atoms. The van der Waals surface area contributed by atoms with E-state index in [2.05, 4.69) is 97.1 Å². The van der Waals surface area contributed by atoms with E-state index in [1.807, 2.05) is 24.3 Å². The molecule has 4 nitrogen and oxygen atoms in total. The molecule has 15 rings (SSSR count). The van der Waals surface area contributed by atoms with Crippen molar-refractivity contribution in [3.05, 3.63) is 212 Å². The molecule has 0 fully saturated rings. The van der Waals surface area contributed by atoms with Crippen molar-refractivity contribution in [3.8, 4) is 0 Å². The van der Waals surface area contributed by atoms with Gasteiger partial charge in [0.25, 0.3) is 0 Å². The molecule has 0 aliphatic heterocycles. The molecule has 9 aliphatic carbocycles. The fraction of sp³-hybridized carbons (Fsp3) is 0.259. The van der Waals surface area contributed by atoms with Crippen molar-refractivity contribution in [2.75, 3.05) is 0 Å². The van der Waals surface area contributed by atoms with Crippen LogP contribution in [0.3, 0.4) is 0 Å². The number of rotatable bonds is 0. The van der Waals surface area contributed by atoms with Crippen LogP contribution in [0.4, 0.5) is 0 Å². The van der Waals surface area contributed by atoms with Crippen LogP contribution in [0.15, 0.2) is 146 Å². The Balaban J connectivity index is 0.977. The summed E-state index contributed by atoms with van der Waals surface area (Å²) in [6, 6.07) is 48.6. The van der Waals surface area contributed by atoms with Crippen LogP contribution >= 0.6 is 0 Å². The van der Waals surface area contributed by atoms with Gasteiger partial charge in [0.2, 0.25) is 0 Å². The number of benzene rings is 6. The third-order valence-electron chi connectivity index (χ3n) is 13.0. The van der Waals surface area contributed by atoms with Crippen molar-refractivity contribution in [1.82, 2.24) is 0 Å². The summed E-state index contributed by atoms with van der Waals surface area (Å²) in [7, 11) is 0. The average molecular weight is 761 g/mol. The highest BCUT2D eigenvalue weighted by Gasteiger charge is 2.53. The molecule has 9 aliphatic rings. The molecule has 288 valence electrons. The molecule has 0 atom stereocenters. The van der Waals surface area contributed by atoms with Crippen molar-refractivity contribution in [2.45, 2.75) is 77.0 Å². The fourth-order valence-corrected chi connectivity index (χ4v) is 9.77. The summed E-state index contributed by atoms with van der Waals surface area (Å²) in [5, 5.41) is 0. The van der Waals surface area contributed by atoms with Crippen LogP contribution in [0, 0.1) is 10.8 Å². The lowest BCUT2D eigenvalue weighted by Crippen LogP contribution is -2.38. The van der Waals surface area contributed by atoms with Crippen molar-refractivity contribution < 1.29 is 19.2 Å². The van der Waals surface area contributed by atoms with Gasteiger partial charge in [-0.1, -0.05) is 146 Å². The molecular formula is C54H48O4. The molecule has 0 saturated carbocycles. The van der Waals surface area contributed by atoms with Gasteiger partial charge in [-0.25, -0.2) is 0 Å². The highest BCUT2D eigenvalue weighted by Crippen LogP contribution is 2.44. The molecular weight excluding hydrogens is 713 g/mol. The van der Waals surface area contributed by atoms with Crippen LogP contribution in [0.2, 0.25) is 0 Å². The summed E-state index contributed by atoms with van der Waals surface area (Å²) < 4.78 is 0. The summed E-state index contributed by atoms with van der Waals surface area (Å²) in [6.07, 6.45) is 9.33. The van der Waals surface area contributed by atoms with Gasteiger partial charge in [-0.15, -0.1) is 0 Å². The normalized spacial score (nSPS) is 17.9. The number of hydrogen-bond acceptors (Lipinski definition) is 4. The van der Waals surface area contributed by atoms with E-state index in [1.54, 1.807) is 24.3 Å². The summed E-state index contributed by atoms with van der Waals surface area (Å²) in [4.78, 5) is 56.8. The second-order valence-electron chi connectivity index (χ2n) is 17.0. The maximum absolute atomic E-state index is 14.2. The first-order valence-corrected chi connectivity index (χ1v) is 21.0. The topological polar surface area (TPSA) is 68.3 Å². The monoisotopic (exact) mass is 760 g/mol. The van der Waals surface area contributed by atoms with Crippen molar-refractivity contribution in [3.63, 3.8) is 0 Å². The third kappa shape index (κ3) is 7.10. The van der Waals surface area contributed by atoms with Crippen molar-refractivity contribution in [2.24, 2.45) is 10.8 Å². The highest BCUT2D eigenvalue weighted by molar-refractivity contribution is 6.30. The minimum absolute atomic E-state index is 0.0705. The van der Waals surface area contributed by atoms with Gasteiger partial charge in [0.1, 0.15) is 10.8 Å². The zero-order valence-corrected chi connectivity index (χ0v) is 33.0. The van der Waals surface area contributed by atoms with E-state index in [0.29, 0.717) is 47.9 Å². The van der Waals surface area contributed by atoms with Gasteiger partial charge in [-0.2, -0.15) is 0 Å². The van der Waals surface area contributed by atoms with Crippen LogP contribution < -0.4 is 0 Å². The van der Waals surface area contributed by atoms with E-state index < -0.39 is 10.8 Å². The van der Waals surface area contributed by atoms with Crippen molar-refractivity contribution >= 4 is 23.1 Å². The molecule has 4 heteroatoms. The van der Waals surface area contributed by atoms with E-state index >= 15 is 0 Å². The highest BCUT2D eigenvalue weighted by atomic mass is 16.2. The first-order valence-electron chi connectivity index (χ1n) is 21.0. The Bertz CT molecular complexity index is 2150.